The van der Waals surface area contributed by atoms with E-state index in [2.05, 4.69) is 4.90 Å². The number of hydrogen-bond donors (Lipinski definition) is 0. The topological polar surface area (TPSA) is 48.0 Å². The number of carbonyl (C=O) groups is 1. The predicted octanol–water partition coefficient (Wildman–Crippen LogP) is 0.923. The van der Waals surface area contributed by atoms with Gasteiger partial charge >= 0.3 is 5.97 Å². The molecule has 17 heavy (non-hydrogen) atoms. The van der Waals surface area contributed by atoms with E-state index >= 15 is 0 Å². The Morgan fingerprint density at radius 2 is 1.88 bits per heavy atom. The van der Waals surface area contributed by atoms with Crippen LogP contribution < -0.4 is 0 Å². The van der Waals surface area contributed by atoms with Gasteiger partial charge < -0.3 is 19.1 Å². The van der Waals surface area contributed by atoms with E-state index in [4.69, 9.17) is 14.2 Å². The van der Waals surface area contributed by atoms with Gasteiger partial charge in [-0.05, 0) is 27.8 Å². The first-order chi connectivity index (χ1) is 8.06. The van der Waals surface area contributed by atoms with Crippen LogP contribution in [-0.4, -0.2) is 63.5 Å². The van der Waals surface area contributed by atoms with Crippen LogP contribution in [0.1, 0.15) is 20.8 Å². The molecule has 102 valence electrons. The second-order valence-corrected chi connectivity index (χ2v) is 4.08. The molecule has 0 atom stereocenters. The highest BCUT2D eigenvalue weighted by atomic mass is 16.6. The van der Waals surface area contributed by atoms with Crippen LogP contribution in [0.3, 0.4) is 0 Å². The fraction of sp³-hybridized carbons (Fsp3) is 0.917. The Bertz CT molecular complexity index is 197. The summed E-state index contributed by atoms with van der Waals surface area (Å²) in [7, 11) is 2.00. The molecule has 0 saturated carbocycles. The molecule has 0 rings (SSSR count). The lowest BCUT2D eigenvalue weighted by molar-refractivity contribution is -0.148. The van der Waals surface area contributed by atoms with Crippen molar-refractivity contribution in [2.24, 2.45) is 0 Å². The fourth-order valence-electron chi connectivity index (χ4n) is 1.13. The Labute approximate surface area is 104 Å². The van der Waals surface area contributed by atoms with Crippen LogP contribution in [0.4, 0.5) is 0 Å². The first-order valence-corrected chi connectivity index (χ1v) is 6.09. The van der Waals surface area contributed by atoms with Crippen LogP contribution in [0.25, 0.3) is 0 Å². The van der Waals surface area contributed by atoms with Crippen molar-refractivity contribution >= 4 is 5.97 Å². The molecule has 0 spiro atoms. The minimum absolute atomic E-state index is 0.0319. The molecule has 0 aromatic heterocycles. The maximum absolute atomic E-state index is 11.0. The summed E-state index contributed by atoms with van der Waals surface area (Å²) in [4.78, 5) is 13.1. The van der Waals surface area contributed by atoms with Crippen LogP contribution in [0.2, 0.25) is 0 Å². The van der Waals surface area contributed by atoms with Crippen LogP contribution in [-0.2, 0) is 19.0 Å². The zero-order chi connectivity index (χ0) is 13.1. The molecular formula is C12H25NO4. The van der Waals surface area contributed by atoms with Gasteiger partial charge in [-0.25, -0.2) is 4.79 Å². The summed E-state index contributed by atoms with van der Waals surface area (Å²) in [6.07, 6.45) is 0.267. The van der Waals surface area contributed by atoms with Gasteiger partial charge in [0, 0.05) is 13.1 Å². The summed E-state index contributed by atoms with van der Waals surface area (Å²) in [6, 6.07) is 0. The summed E-state index contributed by atoms with van der Waals surface area (Å²) < 4.78 is 15.4. The maximum atomic E-state index is 11.0. The van der Waals surface area contributed by atoms with Gasteiger partial charge in [0.2, 0.25) is 0 Å². The van der Waals surface area contributed by atoms with E-state index in [1.165, 1.54) is 0 Å². The fourth-order valence-corrected chi connectivity index (χ4v) is 1.13. The van der Waals surface area contributed by atoms with Gasteiger partial charge in [0.1, 0.15) is 6.61 Å². The van der Waals surface area contributed by atoms with Gasteiger partial charge in [-0.2, -0.15) is 0 Å². The van der Waals surface area contributed by atoms with Gasteiger partial charge in [-0.3, -0.25) is 0 Å². The van der Waals surface area contributed by atoms with Gasteiger partial charge in [-0.15, -0.1) is 0 Å². The minimum atomic E-state index is -0.307. The summed E-state index contributed by atoms with van der Waals surface area (Å²) >= 11 is 0. The molecule has 0 bridgehead atoms. The number of esters is 1. The number of nitrogens with zero attached hydrogens (tertiary/aromatic N) is 1. The van der Waals surface area contributed by atoms with Crippen molar-refractivity contribution in [1.29, 1.82) is 0 Å². The summed E-state index contributed by atoms with van der Waals surface area (Å²) in [6.45, 7) is 9.12. The average molecular weight is 247 g/mol. The molecule has 0 N–H and O–H groups in total. The van der Waals surface area contributed by atoms with Crippen molar-refractivity contribution in [1.82, 2.24) is 4.90 Å². The SMILES string of the molecule is CCOC(=O)COCCN(C)CCOC(C)C. The molecule has 0 fully saturated rings. The summed E-state index contributed by atoms with van der Waals surface area (Å²) in [5.41, 5.74) is 0. The second-order valence-electron chi connectivity index (χ2n) is 4.08. The summed E-state index contributed by atoms with van der Waals surface area (Å²) in [5, 5.41) is 0. The van der Waals surface area contributed by atoms with Gasteiger partial charge in [0.05, 0.1) is 25.9 Å². The summed E-state index contributed by atoms with van der Waals surface area (Å²) in [5.74, 6) is -0.307. The number of rotatable bonds is 10. The quantitative estimate of drug-likeness (QED) is 0.424. The Balaban J connectivity index is 3.32. The molecule has 5 heteroatoms. The Kier molecular flexibility index (Phi) is 10.1. The molecule has 0 saturated heterocycles. The predicted molar refractivity (Wildman–Crippen MR) is 66.0 cm³/mol. The molecule has 0 amide bonds. The van der Waals surface area contributed by atoms with E-state index in [0.717, 1.165) is 13.1 Å². The molecular weight excluding hydrogens is 222 g/mol. The third kappa shape index (κ3) is 11.6. The third-order valence-electron chi connectivity index (χ3n) is 2.07. The molecule has 0 aliphatic carbocycles. The zero-order valence-electron chi connectivity index (χ0n) is 11.4. The smallest absolute Gasteiger partial charge is 0.332 e. The van der Waals surface area contributed by atoms with E-state index in [1.807, 2.05) is 20.9 Å². The van der Waals surface area contributed by atoms with E-state index < -0.39 is 0 Å². The number of likely N-dealkylation sites (N-methyl/N-ethyl adjacent to an activating group) is 1. The maximum Gasteiger partial charge on any atom is 0.332 e. The molecule has 0 radical (unpaired) electrons. The average Bonchev–Trinajstić information content (AvgIpc) is 2.24. The highest BCUT2D eigenvalue weighted by Crippen LogP contribution is 1.90. The van der Waals surface area contributed by atoms with Crippen LogP contribution >= 0.6 is 0 Å². The largest absolute Gasteiger partial charge is 0.464 e. The Morgan fingerprint density at radius 3 is 2.47 bits per heavy atom. The van der Waals surface area contributed by atoms with E-state index in [1.54, 1.807) is 6.92 Å². The van der Waals surface area contributed by atoms with E-state index in [9.17, 15) is 4.79 Å². The number of carbonyl (C=O) groups excluding carboxylic acids is 1. The molecule has 0 heterocycles. The van der Waals surface area contributed by atoms with Crippen molar-refractivity contribution < 1.29 is 19.0 Å². The monoisotopic (exact) mass is 247 g/mol. The highest BCUT2D eigenvalue weighted by Gasteiger charge is 2.03. The van der Waals surface area contributed by atoms with Crippen molar-refractivity contribution in [3.8, 4) is 0 Å². The van der Waals surface area contributed by atoms with E-state index in [0.29, 0.717) is 19.8 Å². The van der Waals surface area contributed by atoms with Crippen molar-refractivity contribution in [2.75, 3.05) is 46.6 Å². The lowest BCUT2D eigenvalue weighted by Gasteiger charge is -2.17. The molecule has 5 nitrogen and oxygen atoms in total. The first kappa shape index (κ1) is 16.4. The van der Waals surface area contributed by atoms with Gasteiger partial charge in [0.15, 0.2) is 0 Å². The standard InChI is InChI=1S/C12H25NO4/c1-5-16-12(14)10-15-8-6-13(4)7-9-17-11(2)3/h11H,5-10H2,1-4H3. The molecule has 0 aromatic carbocycles. The van der Waals surface area contributed by atoms with E-state index in [-0.39, 0.29) is 18.7 Å². The van der Waals surface area contributed by atoms with Crippen LogP contribution in [0, 0.1) is 0 Å². The van der Waals surface area contributed by atoms with Gasteiger partial charge in [-0.1, -0.05) is 0 Å². The lowest BCUT2D eigenvalue weighted by Crippen LogP contribution is -2.28. The third-order valence-corrected chi connectivity index (χ3v) is 2.07. The minimum Gasteiger partial charge on any atom is -0.464 e. The first-order valence-electron chi connectivity index (χ1n) is 6.09. The van der Waals surface area contributed by atoms with Crippen molar-refractivity contribution in [3.63, 3.8) is 0 Å². The Hall–Kier alpha value is -0.650. The van der Waals surface area contributed by atoms with Crippen molar-refractivity contribution in [3.05, 3.63) is 0 Å². The van der Waals surface area contributed by atoms with Crippen LogP contribution in [0.5, 0.6) is 0 Å². The molecule has 0 unspecified atom stereocenters. The van der Waals surface area contributed by atoms with Gasteiger partial charge in [0.25, 0.3) is 0 Å². The molecule has 0 aromatic rings. The molecule has 0 aliphatic heterocycles. The van der Waals surface area contributed by atoms with Crippen molar-refractivity contribution in [2.45, 2.75) is 26.9 Å². The number of ether oxygens (including phenoxy) is 3. The molecule has 0 aliphatic rings. The highest BCUT2D eigenvalue weighted by molar-refractivity contribution is 5.70. The normalized spacial score (nSPS) is 11.2. The zero-order valence-corrected chi connectivity index (χ0v) is 11.4. The number of hydrogen-bond acceptors (Lipinski definition) is 5. The second kappa shape index (κ2) is 10.5. The lowest BCUT2D eigenvalue weighted by atomic mass is 10.5. The van der Waals surface area contributed by atoms with Crippen LogP contribution in [0.15, 0.2) is 0 Å². The Morgan fingerprint density at radius 1 is 1.24 bits per heavy atom.